The Bertz CT molecular complexity index is 591. The molecule has 106 valence electrons. The van der Waals surface area contributed by atoms with Gasteiger partial charge in [-0.25, -0.2) is 13.6 Å². The molecule has 0 radical (unpaired) electrons. The van der Waals surface area contributed by atoms with Gasteiger partial charge in [0.15, 0.2) is 0 Å². The SMILES string of the molecule is Nc1cc(NC2CCS(=O)CC2)cc(S(N)(=O)=O)c1. The van der Waals surface area contributed by atoms with Gasteiger partial charge in [-0.1, -0.05) is 0 Å². The van der Waals surface area contributed by atoms with Crippen LogP contribution >= 0.6 is 0 Å². The molecule has 0 saturated carbocycles. The van der Waals surface area contributed by atoms with Crippen molar-refractivity contribution in [1.29, 1.82) is 0 Å². The van der Waals surface area contributed by atoms with E-state index in [2.05, 4.69) is 5.32 Å². The molecular weight excluding hydrogens is 286 g/mol. The Morgan fingerprint density at radius 3 is 2.42 bits per heavy atom. The third kappa shape index (κ3) is 3.92. The molecule has 6 nitrogen and oxygen atoms in total. The maximum Gasteiger partial charge on any atom is 0.238 e. The molecule has 1 fully saturated rings. The van der Waals surface area contributed by atoms with Gasteiger partial charge >= 0.3 is 0 Å². The van der Waals surface area contributed by atoms with Crippen molar-refractivity contribution >= 4 is 32.2 Å². The minimum absolute atomic E-state index is 0.00520. The predicted octanol–water partition coefficient (Wildman–Crippen LogP) is 0.239. The molecule has 0 amide bonds. The normalized spacial score (nSPS) is 24.1. The number of primary sulfonamides is 1. The molecule has 1 heterocycles. The number of benzene rings is 1. The number of rotatable bonds is 3. The molecule has 0 bridgehead atoms. The van der Waals surface area contributed by atoms with Crippen molar-refractivity contribution < 1.29 is 12.6 Å². The van der Waals surface area contributed by atoms with Crippen LogP contribution in [-0.4, -0.2) is 30.2 Å². The number of nitrogens with two attached hydrogens (primary N) is 2. The molecule has 1 aromatic carbocycles. The Labute approximate surface area is 115 Å². The molecule has 1 aliphatic rings. The third-order valence-corrected chi connectivity index (χ3v) is 5.29. The predicted molar refractivity (Wildman–Crippen MR) is 76.7 cm³/mol. The zero-order valence-electron chi connectivity index (χ0n) is 10.3. The van der Waals surface area contributed by atoms with E-state index in [0.29, 0.717) is 22.9 Å². The first-order valence-corrected chi connectivity index (χ1v) is 8.93. The average molecular weight is 303 g/mol. The molecular formula is C11H17N3O3S2. The van der Waals surface area contributed by atoms with Gasteiger partial charge in [0.05, 0.1) is 4.90 Å². The number of nitrogen functional groups attached to an aromatic ring is 1. The van der Waals surface area contributed by atoms with Gasteiger partial charge in [-0.05, 0) is 31.0 Å². The van der Waals surface area contributed by atoms with Crippen LogP contribution in [0.25, 0.3) is 0 Å². The monoisotopic (exact) mass is 303 g/mol. The zero-order chi connectivity index (χ0) is 14.0. The topological polar surface area (TPSA) is 115 Å². The molecule has 1 aromatic rings. The van der Waals surface area contributed by atoms with E-state index in [-0.39, 0.29) is 10.9 Å². The Kier molecular flexibility index (Phi) is 4.12. The van der Waals surface area contributed by atoms with Crippen LogP contribution in [0.15, 0.2) is 23.1 Å². The molecule has 0 unspecified atom stereocenters. The highest BCUT2D eigenvalue weighted by Crippen LogP contribution is 2.22. The van der Waals surface area contributed by atoms with Gasteiger partial charge in [0.2, 0.25) is 10.0 Å². The van der Waals surface area contributed by atoms with Gasteiger partial charge in [0, 0.05) is 39.7 Å². The second-order valence-corrected chi connectivity index (χ2v) is 7.86. The fraction of sp³-hybridized carbons (Fsp3) is 0.455. The molecule has 1 aliphatic heterocycles. The lowest BCUT2D eigenvalue weighted by molar-refractivity contribution is 0.597. The summed E-state index contributed by atoms with van der Waals surface area (Å²) < 4.78 is 33.9. The third-order valence-electron chi connectivity index (χ3n) is 3.02. The highest BCUT2D eigenvalue weighted by molar-refractivity contribution is 7.89. The first-order chi connectivity index (χ1) is 8.84. The van der Waals surface area contributed by atoms with Crippen molar-refractivity contribution in [3.63, 3.8) is 0 Å². The van der Waals surface area contributed by atoms with Crippen molar-refractivity contribution in [1.82, 2.24) is 0 Å². The number of hydrogen-bond acceptors (Lipinski definition) is 5. The molecule has 0 aliphatic carbocycles. The van der Waals surface area contributed by atoms with E-state index in [9.17, 15) is 12.6 Å². The van der Waals surface area contributed by atoms with Crippen LogP contribution in [0.5, 0.6) is 0 Å². The van der Waals surface area contributed by atoms with Crippen LogP contribution in [0.4, 0.5) is 11.4 Å². The second-order valence-electron chi connectivity index (χ2n) is 4.60. The lowest BCUT2D eigenvalue weighted by Gasteiger charge is -2.24. The fourth-order valence-corrected chi connectivity index (χ4v) is 3.93. The van der Waals surface area contributed by atoms with Gasteiger partial charge in [-0.2, -0.15) is 0 Å². The Hall–Kier alpha value is -1.12. The van der Waals surface area contributed by atoms with Crippen LogP contribution in [0.2, 0.25) is 0 Å². The lowest BCUT2D eigenvalue weighted by atomic mass is 10.1. The van der Waals surface area contributed by atoms with Crippen molar-refractivity contribution in [2.24, 2.45) is 5.14 Å². The summed E-state index contributed by atoms with van der Waals surface area (Å²) in [5.41, 5.74) is 6.64. The first kappa shape index (κ1) is 14.3. The summed E-state index contributed by atoms with van der Waals surface area (Å²) in [5.74, 6) is 1.34. The molecule has 0 atom stereocenters. The highest BCUT2D eigenvalue weighted by atomic mass is 32.2. The largest absolute Gasteiger partial charge is 0.399 e. The van der Waals surface area contributed by atoms with Gasteiger partial charge < -0.3 is 11.1 Å². The van der Waals surface area contributed by atoms with Crippen LogP contribution in [0.1, 0.15) is 12.8 Å². The quantitative estimate of drug-likeness (QED) is 0.692. The Morgan fingerprint density at radius 1 is 1.21 bits per heavy atom. The molecule has 0 spiro atoms. The van der Waals surface area contributed by atoms with E-state index in [1.54, 1.807) is 6.07 Å². The molecule has 1 saturated heterocycles. The average Bonchev–Trinajstić information content (AvgIpc) is 2.30. The van der Waals surface area contributed by atoms with Crippen LogP contribution in [0, 0.1) is 0 Å². The Balaban J connectivity index is 2.17. The maximum atomic E-state index is 11.3. The molecule has 2 rings (SSSR count). The van der Waals surface area contributed by atoms with Crippen molar-refractivity contribution in [3.05, 3.63) is 18.2 Å². The van der Waals surface area contributed by atoms with E-state index in [4.69, 9.17) is 10.9 Å². The summed E-state index contributed by atoms with van der Waals surface area (Å²) in [6.07, 6.45) is 1.60. The summed E-state index contributed by atoms with van der Waals surface area (Å²) >= 11 is 0. The fourth-order valence-electron chi connectivity index (χ4n) is 2.04. The molecule has 0 aromatic heterocycles. The van der Waals surface area contributed by atoms with Gasteiger partial charge in [0.25, 0.3) is 0 Å². The lowest BCUT2D eigenvalue weighted by Crippen LogP contribution is -2.29. The first-order valence-electron chi connectivity index (χ1n) is 5.89. The van der Waals surface area contributed by atoms with Gasteiger partial charge in [0.1, 0.15) is 0 Å². The molecule has 19 heavy (non-hydrogen) atoms. The van der Waals surface area contributed by atoms with E-state index >= 15 is 0 Å². The van der Waals surface area contributed by atoms with Gasteiger partial charge in [-0.15, -0.1) is 0 Å². The summed E-state index contributed by atoms with van der Waals surface area (Å²) in [4.78, 5) is -0.00520. The van der Waals surface area contributed by atoms with E-state index < -0.39 is 20.8 Å². The maximum absolute atomic E-state index is 11.3. The summed E-state index contributed by atoms with van der Waals surface area (Å²) in [7, 11) is -4.49. The number of hydrogen-bond donors (Lipinski definition) is 3. The standard InChI is InChI=1S/C11H17N3O3S2/c12-8-5-10(7-11(6-8)19(13,16)17)14-9-1-3-18(15)4-2-9/h5-7,9,14H,1-4,12H2,(H2,13,16,17). The summed E-state index contributed by atoms with van der Waals surface area (Å²) in [6.45, 7) is 0. The minimum Gasteiger partial charge on any atom is -0.399 e. The smallest absolute Gasteiger partial charge is 0.238 e. The van der Waals surface area contributed by atoms with Crippen molar-refractivity contribution in [2.45, 2.75) is 23.8 Å². The summed E-state index contributed by atoms with van der Waals surface area (Å²) in [6, 6.07) is 4.65. The van der Waals surface area contributed by atoms with Crippen molar-refractivity contribution in [3.8, 4) is 0 Å². The minimum atomic E-state index is -3.77. The molecule has 5 N–H and O–H groups in total. The number of sulfonamides is 1. The highest BCUT2D eigenvalue weighted by Gasteiger charge is 2.18. The van der Waals surface area contributed by atoms with E-state index in [1.165, 1.54) is 12.1 Å². The molecule has 8 heteroatoms. The van der Waals surface area contributed by atoms with Gasteiger partial charge in [-0.3, -0.25) is 4.21 Å². The Morgan fingerprint density at radius 2 is 1.84 bits per heavy atom. The van der Waals surface area contributed by atoms with E-state index in [1.807, 2.05) is 0 Å². The summed E-state index contributed by atoms with van der Waals surface area (Å²) in [5, 5.41) is 8.31. The van der Waals surface area contributed by atoms with Crippen LogP contribution in [-0.2, 0) is 20.8 Å². The zero-order valence-corrected chi connectivity index (χ0v) is 12.0. The van der Waals surface area contributed by atoms with E-state index in [0.717, 1.165) is 12.8 Å². The van der Waals surface area contributed by atoms with Crippen LogP contribution in [0.3, 0.4) is 0 Å². The number of anilines is 2. The van der Waals surface area contributed by atoms with Crippen molar-refractivity contribution in [2.75, 3.05) is 22.6 Å². The van der Waals surface area contributed by atoms with Crippen LogP contribution < -0.4 is 16.2 Å². The number of nitrogens with one attached hydrogen (secondary N) is 1. The second kappa shape index (κ2) is 5.48.